The fraction of sp³-hybridized carbons (Fsp3) is 0.417. The topological polar surface area (TPSA) is 37.5 Å². The van der Waals surface area contributed by atoms with E-state index in [-0.39, 0.29) is 11.9 Å². The fourth-order valence-electron chi connectivity index (χ4n) is 1.98. The van der Waals surface area contributed by atoms with Crippen molar-refractivity contribution in [1.29, 1.82) is 5.26 Å². The number of hydrogen-bond acceptors (Lipinski definition) is 2. The summed E-state index contributed by atoms with van der Waals surface area (Å²) in [6.45, 7) is 3.04. The van der Waals surface area contributed by atoms with Gasteiger partial charge in [0.2, 0.25) is 6.04 Å². The second-order valence-corrected chi connectivity index (χ2v) is 3.88. The third kappa shape index (κ3) is 2.38. The van der Waals surface area contributed by atoms with Crippen molar-refractivity contribution in [3.63, 3.8) is 0 Å². The second-order valence-electron chi connectivity index (χ2n) is 3.88. The zero-order valence-electron chi connectivity index (χ0n) is 8.95. The van der Waals surface area contributed by atoms with Gasteiger partial charge in [-0.05, 0) is 24.3 Å². The first kappa shape index (κ1) is 11.1. The molecule has 0 saturated carbocycles. The van der Waals surface area contributed by atoms with Crippen molar-refractivity contribution < 1.29 is 14.0 Å². The normalized spacial score (nSPS) is 19.0. The zero-order valence-corrected chi connectivity index (χ0v) is 8.95. The second kappa shape index (κ2) is 5.06. The minimum absolute atomic E-state index is 0.218. The Bertz CT molecular complexity index is 379. The number of hydrogen-bond donors (Lipinski definition) is 1. The summed E-state index contributed by atoms with van der Waals surface area (Å²) < 4.78 is 18.0. The van der Waals surface area contributed by atoms with Crippen molar-refractivity contribution in [2.75, 3.05) is 26.3 Å². The lowest BCUT2D eigenvalue weighted by Crippen LogP contribution is -3.14. The highest BCUT2D eigenvalue weighted by molar-refractivity contribution is 5.22. The van der Waals surface area contributed by atoms with E-state index in [0.717, 1.165) is 18.7 Å². The number of nitrogens with zero attached hydrogens (tertiary/aromatic N) is 1. The molecule has 1 N–H and O–H groups in total. The lowest BCUT2D eigenvalue weighted by molar-refractivity contribution is -0.930. The standard InChI is InChI=1S/C12H13FN2O/c13-11-3-1-10(2-4-11)12(9-14)15-5-7-16-8-6-15/h1-4,12H,5-8H2/p+1/t12-/m0/s1. The van der Waals surface area contributed by atoms with Crippen molar-refractivity contribution in [2.24, 2.45) is 0 Å². The van der Waals surface area contributed by atoms with Gasteiger partial charge in [-0.25, -0.2) is 4.39 Å². The average molecular weight is 221 g/mol. The van der Waals surface area contributed by atoms with Gasteiger partial charge in [0.15, 0.2) is 0 Å². The maximum Gasteiger partial charge on any atom is 0.200 e. The van der Waals surface area contributed by atoms with Gasteiger partial charge >= 0.3 is 0 Å². The summed E-state index contributed by atoms with van der Waals surface area (Å²) in [7, 11) is 0. The van der Waals surface area contributed by atoms with Crippen LogP contribution in [0.4, 0.5) is 4.39 Å². The minimum Gasteiger partial charge on any atom is -0.370 e. The van der Waals surface area contributed by atoms with Crippen LogP contribution in [-0.2, 0) is 4.74 Å². The molecule has 1 aliphatic rings. The molecular formula is C12H14FN2O+. The molecule has 0 aliphatic carbocycles. The molecule has 0 aromatic heterocycles. The first-order valence-corrected chi connectivity index (χ1v) is 5.38. The predicted octanol–water partition coefficient (Wildman–Crippen LogP) is 0.305. The van der Waals surface area contributed by atoms with E-state index >= 15 is 0 Å². The molecular weight excluding hydrogens is 207 g/mol. The molecule has 16 heavy (non-hydrogen) atoms. The number of rotatable bonds is 2. The maximum absolute atomic E-state index is 12.8. The van der Waals surface area contributed by atoms with Crippen molar-refractivity contribution in [1.82, 2.24) is 0 Å². The van der Waals surface area contributed by atoms with Crippen LogP contribution >= 0.6 is 0 Å². The third-order valence-corrected chi connectivity index (χ3v) is 2.88. The molecule has 0 amide bonds. The smallest absolute Gasteiger partial charge is 0.200 e. The Morgan fingerprint density at radius 1 is 1.25 bits per heavy atom. The molecule has 1 aromatic rings. The average Bonchev–Trinajstić information content (AvgIpc) is 2.34. The van der Waals surface area contributed by atoms with Crippen molar-refractivity contribution >= 4 is 0 Å². The molecule has 0 radical (unpaired) electrons. The lowest BCUT2D eigenvalue weighted by Gasteiger charge is -2.27. The molecule has 0 bridgehead atoms. The van der Waals surface area contributed by atoms with Crippen molar-refractivity contribution in [2.45, 2.75) is 6.04 Å². The summed E-state index contributed by atoms with van der Waals surface area (Å²) in [4.78, 5) is 1.19. The monoisotopic (exact) mass is 221 g/mol. The molecule has 1 atom stereocenters. The minimum atomic E-state index is -0.266. The molecule has 2 rings (SSSR count). The third-order valence-electron chi connectivity index (χ3n) is 2.88. The van der Waals surface area contributed by atoms with E-state index in [4.69, 9.17) is 4.74 Å². The van der Waals surface area contributed by atoms with Crippen LogP contribution in [0.1, 0.15) is 11.6 Å². The Hall–Kier alpha value is -1.44. The van der Waals surface area contributed by atoms with E-state index < -0.39 is 0 Å². The van der Waals surface area contributed by atoms with Gasteiger partial charge < -0.3 is 9.64 Å². The molecule has 1 saturated heterocycles. The number of ether oxygens (including phenoxy) is 1. The molecule has 4 heteroatoms. The highest BCUT2D eigenvalue weighted by Crippen LogP contribution is 2.10. The summed E-state index contributed by atoms with van der Waals surface area (Å²) in [6.07, 6.45) is 0. The fourth-order valence-corrected chi connectivity index (χ4v) is 1.98. The molecule has 3 nitrogen and oxygen atoms in total. The Balaban J connectivity index is 2.15. The molecule has 1 fully saturated rings. The van der Waals surface area contributed by atoms with Gasteiger partial charge in [-0.15, -0.1) is 0 Å². The van der Waals surface area contributed by atoms with Gasteiger partial charge in [0.1, 0.15) is 25.0 Å². The lowest BCUT2D eigenvalue weighted by atomic mass is 10.1. The predicted molar refractivity (Wildman–Crippen MR) is 56.3 cm³/mol. The van der Waals surface area contributed by atoms with Crippen LogP contribution in [0, 0.1) is 17.1 Å². The number of morpholine rings is 1. The van der Waals surface area contributed by atoms with Gasteiger partial charge in [0.05, 0.1) is 13.2 Å². The van der Waals surface area contributed by atoms with Crippen LogP contribution in [0.5, 0.6) is 0 Å². The number of quaternary nitrogens is 1. The Morgan fingerprint density at radius 2 is 1.88 bits per heavy atom. The Morgan fingerprint density at radius 3 is 2.44 bits per heavy atom. The van der Waals surface area contributed by atoms with Gasteiger partial charge in [-0.2, -0.15) is 5.26 Å². The van der Waals surface area contributed by atoms with Crippen LogP contribution in [0.25, 0.3) is 0 Å². The summed E-state index contributed by atoms with van der Waals surface area (Å²) in [5.74, 6) is -0.266. The van der Waals surface area contributed by atoms with Crippen molar-refractivity contribution in [3.8, 4) is 6.07 Å². The summed E-state index contributed by atoms with van der Waals surface area (Å²) >= 11 is 0. The molecule has 0 spiro atoms. The van der Waals surface area contributed by atoms with Crippen molar-refractivity contribution in [3.05, 3.63) is 35.6 Å². The molecule has 84 valence electrons. The van der Waals surface area contributed by atoms with E-state index in [2.05, 4.69) is 6.07 Å². The Labute approximate surface area is 94.0 Å². The quantitative estimate of drug-likeness (QED) is 0.780. The number of halogens is 1. The van der Waals surface area contributed by atoms with Crippen LogP contribution in [0.3, 0.4) is 0 Å². The van der Waals surface area contributed by atoms with Gasteiger partial charge in [0, 0.05) is 5.56 Å². The Kier molecular flexibility index (Phi) is 3.50. The number of nitriles is 1. The summed E-state index contributed by atoms with van der Waals surface area (Å²) in [5, 5.41) is 9.20. The summed E-state index contributed by atoms with van der Waals surface area (Å²) in [6, 6.07) is 8.25. The number of nitrogens with one attached hydrogen (secondary N) is 1. The van der Waals surface area contributed by atoms with Gasteiger partial charge in [0.25, 0.3) is 0 Å². The molecule has 1 aromatic carbocycles. The zero-order chi connectivity index (χ0) is 11.4. The molecule has 1 aliphatic heterocycles. The van der Waals surface area contributed by atoms with E-state index in [1.165, 1.54) is 17.0 Å². The number of benzene rings is 1. The molecule has 1 heterocycles. The highest BCUT2D eigenvalue weighted by Gasteiger charge is 2.25. The maximum atomic E-state index is 12.8. The molecule has 0 unspecified atom stereocenters. The van der Waals surface area contributed by atoms with E-state index in [1.54, 1.807) is 12.1 Å². The van der Waals surface area contributed by atoms with E-state index in [0.29, 0.717) is 13.2 Å². The SMILES string of the molecule is N#C[C@@H](c1ccc(F)cc1)[NH+]1CCOCC1. The first-order valence-electron chi connectivity index (χ1n) is 5.38. The van der Waals surface area contributed by atoms with E-state index in [9.17, 15) is 9.65 Å². The van der Waals surface area contributed by atoms with Crippen LogP contribution in [0.15, 0.2) is 24.3 Å². The summed E-state index contributed by atoms with van der Waals surface area (Å²) in [5.41, 5.74) is 0.876. The van der Waals surface area contributed by atoms with Crippen LogP contribution in [0.2, 0.25) is 0 Å². The first-order chi connectivity index (χ1) is 7.81. The largest absolute Gasteiger partial charge is 0.370 e. The van der Waals surface area contributed by atoms with Gasteiger partial charge in [-0.1, -0.05) is 0 Å². The van der Waals surface area contributed by atoms with Crippen LogP contribution in [-0.4, -0.2) is 26.3 Å². The van der Waals surface area contributed by atoms with Crippen LogP contribution < -0.4 is 4.90 Å². The van der Waals surface area contributed by atoms with Gasteiger partial charge in [-0.3, -0.25) is 0 Å². The van der Waals surface area contributed by atoms with E-state index in [1.807, 2.05) is 0 Å². The highest BCUT2D eigenvalue weighted by atomic mass is 19.1.